The summed E-state index contributed by atoms with van der Waals surface area (Å²) in [6.07, 6.45) is 4.00. The number of hydrogen-bond donors (Lipinski definition) is 1. The van der Waals surface area contributed by atoms with Gasteiger partial charge in [-0.2, -0.15) is 0 Å². The fraction of sp³-hybridized carbons (Fsp3) is 0.474. The third-order valence-electron chi connectivity index (χ3n) is 5.27. The molecule has 0 spiro atoms. The van der Waals surface area contributed by atoms with E-state index in [1.54, 1.807) is 6.33 Å². The van der Waals surface area contributed by atoms with Gasteiger partial charge in [-0.15, -0.1) is 0 Å². The average Bonchev–Trinajstić information content (AvgIpc) is 2.97. The number of benzene rings is 1. The number of fused-ring (bicyclic) bond motifs is 1. The van der Waals surface area contributed by atoms with Crippen LogP contribution >= 0.6 is 0 Å². The van der Waals surface area contributed by atoms with Crippen LogP contribution in [-0.2, 0) is 6.42 Å². The van der Waals surface area contributed by atoms with E-state index in [-0.39, 0.29) is 0 Å². The van der Waals surface area contributed by atoms with Crippen molar-refractivity contribution in [2.24, 2.45) is 0 Å². The zero-order chi connectivity index (χ0) is 16.7. The van der Waals surface area contributed by atoms with Crippen molar-refractivity contribution in [2.45, 2.75) is 32.6 Å². The number of rotatable bonds is 2. The number of nitrogens with two attached hydrogens (primary N) is 1. The number of nitrogens with zero attached hydrogens (tertiary/aromatic N) is 4. The molecule has 0 amide bonds. The molecule has 1 fully saturated rings. The SMILES string of the molecule is Cc1[c]c(N)c(N2CCN(c3ncnc4c3[C@H](C)CC4)CC2)cc1. The van der Waals surface area contributed by atoms with Gasteiger partial charge in [0.1, 0.15) is 12.1 Å². The predicted octanol–water partition coefficient (Wildman–Crippen LogP) is 2.54. The van der Waals surface area contributed by atoms with Crippen molar-refractivity contribution in [3.8, 4) is 0 Å². The first-order chi connectivity index (χ1) is 11.6. The van der Waals surface area contributed by atoms with Crippen molar-refractivity contribution in [3.05, 3.63) is 41.3 Å². The Labute approximate surface area is 143 Å². The normalized spacial score (nSPS) is 20.3. The van der Waals surface area contributed by atoms with Crippen LogP contribution in [0.15, 0.2) is 18.5 Å². The Balaban J connectivity index is 1.52. The molecule has 1 saturated heterocycles. The minimum atomic E-state index is 0.566. The number of anilines is 3. The highest BCUT2D eigenvalue weighted by atomic mass is 15.3. The average molecular weight is 322 g/mol. The number of aromatic nitrogens is 2. The Hall–Kier alpha value is -2.30. The van der Waals surface area contributed by atoms with Gasteiger partial charge in [-0.1, -0.05) is 13.0 Å². The quantitative estimate of drug-likeness (QED) is 0.861. The van der Waals surface area contributed by atoms with Crippen LogP contribution in [0.5, 0.6) is 0 Å². The predicted molar refractivity (Wildman–Crippen MR) is 97.6 cm³/mol. The molecule has 2 aromatic rings. The summed E-state index contributed by atoms with van der Waals surface area (Å²) in [6, 6.07) is 7.41. The van der Waals surface area contributed by atoms with E-state index in [1.165, 1.54) is 17.7 Å². The number of aryl methyl sites for hydroxylation is 2. The van der Waals surface area contributed by atoms with Gasteiger partial charge >= 0.3 is 0 Å². The molecule has 5 nitrogen and oxygen atoms in total. The third-order valence-corrected chi connectivity index (χ3v) is 5.27. The molecule has 1 aliphatic heterocycles. The highest BCUT2D eigenvalue weighted by Crippen LogP contribution is 2.37. The first-order valence-electron chi connectivity index (χ1n) is 8.75. The first-order valence-corrected chi connectivity index (χ1v) is 8.75. The van der Waals surface area contributed by atoms with E-state index in [0.29, 0.717) is 5.92 Å². The Kier molecular flexibility index (Phi) is 3.79. The standard InChI is InChI=1S/C19H24N5/c1-13-3-6-17(15(20)11-13)23-7-9-24(10-8-23)19-18-14(2)4-5-16(18)21-12-22-19/h3,6,12,14H,4-5,7-10,20H2,1-2H3/t14-/m1/s1. The zero-order valence-electron chi connectivity index (χ0n) is 14.4. The molecular weight excluding hydrogens is 298 g/mol. The molecule has 1 atom stereocenters. The lowest BCUT2D eigenvalue weighted by molar-refractivity contribution is 0.640. The maximum absolute atomic E-state index is 6.16. The second kappa shape index (κ2) is 5.96. The van der Waals surface area contributed by atoms with Crippen molar-refractivity contribution in [1.82, 2.24) is 9.97 Å². The van der Waals surface area contributed by atoms with Crippen LogP contribution in [0, 0.1) is 13.0 Å². The summed E-state index contributed by atoms with van der Waals surface area (Å²) in [6.45, 7) is 8.14. The Bertz CT molecular complexity index is 749. The fourth-order valence-electron chi connectivity index (χ4n) is 3.92. The molecule has 2 aliphatic rings. The van der Waals surface area contributed by atoms with Crippen LogP contribution in [-0.4, -0.2) is 36.1 Å². The summed E-state index contributed by atoms with van der Waals surface area (Å²) < 4.78 is 0. The Morgan fingerprint density at radius 2 is 1.88 bits per heavy atom. The fourth-order valence-corrected chi connectivity index (χ4v) is 3.92. The molecule has 24 heavy (non-hydrogen) atoms. The molecule has 2 heterocycles. The maximum Gasteiger partial charge on any atom is 0.135 e. The van der Waals surface area contributed by atoms with Crippen molar-refractivity contribution in [3.63, 3.8) is 0 Å². The van der Waals surface area contributed by atoms with Gasteiger partial charge < -0.3 is 15.5 Å². The molecule has 1 aromatic heterocycles. The molecule has 125 valence electrons. The van der Waals surface area contributed by atoms with Gasteiger partial charge in [-0.25, -0.2) is 9.97 Å². The molecule has 2 N–H and O–H groups in total. The topological polar surface area (TPSA) is 58.3 Å². The number of piperazine rings is 1. The van der Waals surface area contributed by atoms with Gasteiger partial charge in [0, 0.05) is 43.5 Å². The summed E-state index contributed by atoms with van der Waals surface area (Å²) >= 11 is 0. The van der Waals surface area contributed by atoms with E-state index >= 15 is 0 Å². The van der Waals surface area contributed by atoms with Crippen LogP contribution in [0.2, 0.25) is 0 Å². The van der Waals surface area contributed by atoms with Crippen molar-refractivity contribution in [2.75, 3.05) is 41.7 Å². The molecule has 1 aromatic carbocycles. The second-order valence-corrected chi connectivity index (χ2v) is 6.91. The summed E-state index contributed by atoms with van der Waals surface area (Å²) in [5, 5.41) is 0. The summed E-state index contributed by atoms with van der Waals surface area (Å²) in [4.78, 5) is 13.9. The molecule has 0 unspecified atom stereocenters. The van der Waals surface area contributed by atoms with Gasteiger partial charge in [0.05, 0.1) is 11.4 Å². The van der Waals surface area contributed by atoms with Gasteiger partial charge in [0.25, 0.3) is 0 Å². The second-order valence-electron chi connectivity index (χ2n) is 6.91. The van der Waals surface area contributed by atoms with Crippen LogP contribution in [0.25, 0.3) is 0 Å². The number of nitrogen functional groups attached to an aromatic ring is 1. The van der Waals surface area contributed by atoms with E-state index in [0.717, 1.165) is 55.4 Å². The lowest BCUT2D eigenvalue weighted by atomic mass is 10.1. The largest absolute Gasteiger partial charge is 0.397 e. The Morgan fingerprint density at radius 1 is 1.12 bits per heavy atom. The molecule has 0 saturated carbocycles. The lowest BCUT2D eigenvalue weighted by Gasteiger charge is -2.38. The van der Waals surface area contributed by atoms with Gasteiger partial charge in [0.15, 0.2) is 0 Å². The summed E-state index contributed by atoms with van der Waals surface area (Å²) in [5.41, 5.74) is 11.7. The summed E-state index contributed by atoms with van der Waals surface area (Å²) in [5.74, 6) is 1.71. The van der Waals surface area contributed by atoms with Crippen LogP contribution in [0.4, 0.5) is 17.2 Å². The highest BCUT2D eigenvalue weighted by Gasteiger charge is 2.28. The van der Waals surface area contributed by atoms with Crippen LogP contribution in [0.1, 0.15) is 36.1 Å². The Morgan fingerprint density at radius 3 is 2.62 bits per heavy atom. The van der Waals surface area contributed by atoms with Crippen LogP contribution in [0.3, 0.4) is 0 Å². The molecule has 4 rings (SSSR count). The minimum absolute atomic E-state index is 0.566. The molecule has 0 bridgehead atoms. The van der Waals surface area contributed by atoms with E-state index in [1.807, 2.05) is 6.92 Å². The van der Waals surface area contributed by atoms with E-state index in [9.17, 15) is 0 Å². The molecule has 1 aliphatic carbocycles. The zero-order valence-corrected chi connectivity index (χ0v) is 14.4. The van der Waals surface area contributed by atoms with Crippen molar-refractivity contribution in [1.29, 1.82) is 0 Å². The van der Waals surface area contributed by atoms with Crippen molar-refractivity contribution >= 4 is 17.2 Å². The monoisotopic (exact) mass is 322 g/mol. The minimum Gasteiger partial charge on any atom is -0.397 e. The van der Waals surface area contributed by atoms with Crippen molar-refractivity contribution < 1.29 is 0 Å². The van der Waals surface area contributed by atoms with E-state index < -0.39 is 0 Å². The third kappa shape index (κ3) is 2.58. The smallest absolute Gasteiger partial charge is 0.135 e. The molecule has 5 heteroatoms. The number of hydrogen-bond acceptors (Lipinski definition) is 5. The lowest BCUT2D eigenvalue weighted by Crippen LogP contribution is -2.47. The van der Waals surface area contributed by atoms with Gasteiger partial charge in [-0.05, 0) is 37.3 Å². The molecule has 1 radical (unpaired) electrons. The van der Waals surface area contributed by atoms with Gasteiger partial charge in [0.2, 0.25) is 0 Å². The van der Waals surface area contributed by atoms with E-state index in [4.69, 9.17) is 5.73 Å². The summed E-state index contributed by atoms with van der Waals surface area (Å²) in [7, 11) is 0. The van der Waals surface area contributed by atoms with Gasteiger partial charge in [-0.3, -0.25) is 0 Å². The first kappa shape index (κ1) is 15.2. The van der Waals surface area contributed by atoms with E-state index in [2.05, 4.69) is 44.9 Å². The molecular formula is C19H24N5. The van der Waals surface area contributed by atoms with Crippen LogP contribution < -0.4 is 15.5 Å². The maximum atomic E-state index is 6.16. The highest BCUT2D eigenvalue weighted by molar-refractivity contribution is 5.68.